The van der Waals surface area contributed by atoms with Crippen LogP contribution in [0.4, 0.5) is 11.4 Å². The van der Waals surface area contributed by atoms with Crippen LogP contribution < -0.4 is 19.8 Å². The Morgan fingerprint density at radius 3 is 2.66 bits per heavy atom. The molecule has 0 saturated carbocycles. The van der Waals surface area contributed by atoms with Crippen molar-refractivity contribution in [2.24, 2.45) is 4.99 Å². The normalized spacial score (nSPS) is 17.7. The Morgan fingerprint density at radius 2 is 1.97 bits per heavy atom. The number of carbonyl (C=O) groups is 1. The lowest BCUT2D eigenvalue weighted by Crippen LogP contribution is -2.40. The van der Waals surface area contributed by atoms with Gasteiger partial charge in [0.15, 0.2) is 4.80 Å². The van der Waals surface area contributed by atoms with Gasteiger partial charge in [0.25, 0.3) is 11.2 Å². The molecule has 1 fully saturated rings. The van der Waals surface area contributed by atoms with Crippen molar-refractivity contribution in [3.8, 4) is 0 Å². The zero-order valence-electron chi connectivity index (χ0n) is 21.0. The summed E-state index contributed by atoms with van der Waals surface area (Å²) < 4.78 is 12.7. The summed E-state index contributed by atoms with van der Waals surface area (Å²) in [5, 5.41) is 11.5. The number of thiazole rings is 1. The molecule has 0 amide bonds. The predicted octanol–water partition coefficient (Wildman–Crippen LogP) is 2.54. The Morgan fingerprint density at radius 1 is 1.24 bits per heavy atom. The quantitative estimate of drug-likeness (QED) is 0.271. The molecule has 10 nitrogen and oxygen atoms in total. The number of nitrogens with zero attached hydrogens (tertiary/aromatic N) is 4. The third-order valence-electron chi connectivity index (χ3n) is 6.49. The number of ether oxygens (including phenoxy) is 2. The number of anilines is 1. The van der Waals surface area contributed by atoms with E-state index >= 15 is 0 Å². The van der Waals surface area contributed by atoms with Gasteiger partial charge in [0.1, 0.15) is 0 Å². The van der Waals surface area contributed by atoms with Crippen molar-refractivity contribution in [3.05, 3.63) is 101 Å². The molecule has 0 N–H and O–H groups in total. The zero-order chi connectivity index (χ0) is 26.8. The Hall–Kier alpha value is -4.09. The number of carbonyl (C=O) groups excluding carboxylic acids is 1. The molecule has 0 spiro atoms. The third kappa shape index (κ3) is 4.77. The lowest BCUT2D eigenvalue weighted by atomic mass is 9.96. The Labute approximate surface area is 221 Å². The molecule has 1 atom stereocenters. The van der Waals surface area contributed by atoms with Gasteiger partial charge < -0.3 is 14.4 Å². The van der Waals surface area contributed by atoms with Crippen molar-refractivity contribution >= 4 is 34.8 Å². The highest BCUT2D eigenvalue weighted by molar-refractivity contribution is 7.07. The van der Waals surface area contributed by atoms with E-state index in [1.54, 1.807) is 26.0 Å². The van der Waals surface area contributed by atoms with Crippen LogP contribution in [-0.2, 0) is 14.3 Å². The minimum atomic E-state index is -0.711. The molecule has 38 heavy (non-hydrogen) atoms. The smallest absolute Gasteiger partial charge is 0.338 e. The molecule has 0 bridgehead atoms. The molecule has 3 heterocycles. The van der Waals surface area contributed by atoms with Crippen LogP contribution in [0.3, 0.4) is 0 Å². The second-order valence-electron chi connectivity index (χ2n) is 8.81. The standard InChI is InChI=1S/C27H26N4O6S/c1-3-37-26(33)23-17(2)28-27-30(24(23)18-7-5-4-6-8-18)25(32)22(38-27)16-19-15-20(31(34)35)9-10-21(19)29-11-13-36-14-12-29/h4-10,15-16,24H,3,11-14H2,1-2H3/b22-16-/t24-/m0/s1. The molecule has 11 heteroatoms. The van der Waals surface area contributed by atoms with Crippen molar-refractivity contribution < 1.29 is 19.2 Å². The van der Waals surface area contributed by atoms with Crippen molar-refractivity contribution in [2.45, 2.75) is 19.9 Å². The first kappa shape index (κ1) is 25.6. The monoisotopic (exact) mass is 534 g/mol. The predicted molar refractivity (Wildman–Crippen MR) is 143 cm³/mol. The van der Waals surface area contributed by atoms with E-state index in [2.05, 4.69) is 9.89 Å². The van der Waals surface area contributed by atoms with Gasteiger partial charge in [-0.25, -0.2) is 9.79 Å². The van der Waals surface area contributed by atoms with E-state index in [0.717, 1.165) is 11.3 Å². The van der Waals surface area contributed by atoms with Crippen LogP contribution in [0.15, 0.2) is 69.6 Å². The van der Waals surface area contributed by atoms with Gasteiger partial charge in [0.05, 0.1) is 46.6 Å². The molecule has 2 aliphatic heterocycles. The molecule has 3 aromatic rings. The number of rotatable bonds is 6. The fourth-order valence-corrected chi connectivity index (χ4v) is 5.78. The molecule has 2 aromatic carbocycles. The fourth-order valence-electron chi connectivity index (χ4n) is 4.75. The highest BCUT2D eigenvalue weighted by Crippen LogP contribution is 2.31. The second kappa shape index (κ2) is 10.7. The third-order valence-corrected chi connectivity index (χ3v) is 7.48. The number of non-ortho nitro benzene ring substituents is 1. The first-order valence-electron chi connectivity index (χ1n) is 12.2. The summed E-state index contributed by atoms with van der Waals surface area (Å²) in [6.07, 6.45) is 1.67. The molecular formula is C27H26N4O6S. The average molecular weight is 535 g/mol. The first-order chi connectivity index (χ1) is 18.4. The minimum Gasteiger partial charge on any atom is -0.463 e. The number of nitro groups is 1. The zero-order valence-corrected chi connectivity index (χ0v) is 21.8. The van der Waals surface area contributed by atoms with Gasteiger partial charge in [0, 0.05) is 36.5 Å². The number of benzene rings is 2. The fraction of sp³-hybridized carbons (Fsp3) is 0.296. The Kier molecular flexibility index (Phi) is 7.21. The largest absolute Gasteiger partial charge is 0.463 e. The number of allylic oxidation sites excluding steroid dienone is 1. The van der Waals surface area contributed by atoms with Crippen LogP contribution in [0.2, 0.25) is 0 Å². The van der Waals surface area contributed by atoms with E-state index in [4.69, 9.17) is 9.47 Å². The molecule has 196 valence electrons. The summed E-state index contributed by atoms with van der Waals surface area (Å²) in [6, 6.07) is 13.2. The number of esters is 1. The maximum absolute atomic E-state index is 13.9. The summed E-state index contributed by atoms with van der Waals surface area (Å²) in [6.45, 7) is 6.02. The van der Waals surface area contributed by atoms with E-state index in [1.807, 2.05) is 30.3 Å². The number of nitro benzene ring substituents is 1. The van der Waals surface area contributed by atoms with Gasteiger partial charge in [0.2, 0.25) is 0 Å². The number of morpholine rings is 1. The summed E-state index contributed by atoms with van der Waals surface area (Å²) in [4.78, 5) is 45.1. The Bertz CT molecular complexity index is 1600. The molecule has 0 unspecified atom stereocenters. The van der Waals surface area contributed by atoms with Crippen molar-refractivity contribution in [2.75, 3.05) is 37.8 Å². The molecular weight excluding hydrogens is 508 g/mol. The highest BCUT2D eigenvalue weighted by Gasteiger charge is 2.33. The molecule has 1 saturated heterocycles. The first-order valence-corrected chi connectivity index (χ1v) is 13.1. The summed E-state index contributed by atoms with van der Waals surface area (Å²) in [7, 11) is 0. The second-order valence-corrected chi connectivity index (χ2v) is 9.82. The van der Waals surface area contributed by atoms with Gasteiger partial charge in [-0.1, -0.05) is 41.7 Å². The van der Waals surface area contributed by atoms with Crippen LogP contribution >= 0.6 is 11.3 Å². The van der Waals surface area contributed by atoms with E-state index in [1.165, 1.54) is 28.0 Å². The number of hydrogen-bond acceptors (Lipinski definition) is 9. The minimum absolute atomic E-state index is 0.0661. The van der Waals surface area contributed by atoms with Gasteiger partial charge >= 0.3 is 5.97 Å². The van der Waals surface area contributed by atoms with Crippen molar-refractivity contribution in [3.63, 3.8) is 0 Å². The lowest BCUT2D eigenvalue weighted by molar-refractivity contribution is -0.384. The van der Waals surface area contributed by atoms with Crippen LogP contribution in [0.1, 0.15) is 31.0 Å². The molecule has 5 rings (SSSR count). The summed E-state index contributed by atoms with van der Waals surface area (Å²) in [5.41, 5.74) is 2.48. The number of aromatic nitrogens is 1. The maximum atomic E-state index is 13.9. The van der Waals surface area contributed by atoms with Crippen LogP contribution in [0, 0.1) is 10.1 Å². The number of fused-ring (bicyclic) bond motifs is 1. The van der Waals surface area contributed by atoms with E-state index in [-0.39, 0.29) is 17.9 Å². The topological polar surface area (TPSA) is 116 Å². The number of hydrogen-bond donors (Lipinski definition) is 0. The SMILES string of the molecule is CCOC(=O)C1=C(C)N=c2s/c(=C\c3cc([N+](=O)[O-])ccc3N3CCOCC3)c(=O)n2[C@H]1c1ccccc1. The molecule has 0 radical (unpaired) electrons. The molecule has 2 aliphatic rings. The molecule has 0 aliphatic carbocycles. The van der Waals surface area contributed by atoms with Crippen LogP contribution in [-0.4, -0.2) is 48.4 Å². The van der Waals surface area contributed by atoms with Crippen molar-refractivity contribution in [1.82, 2.24) is 4.57 Å². The maximum Gasteiger partial charge on any atom is 0.338 e. The molecule has 1 aromatic heterocycles. The average Bonchev–Trinajstić information content (AvgIpc) is 3.22. The highest BCUT2D eigenvalue weighted by atomic mass is 32.1. The van der Waals surface area contributed by atoms with E-state index < -0.39 is 16.9 Å². The summed E-state index contributed by atoms with van der Waals surface area (Å²) >= 11 is 1.18. The summed E-state index contributed by atoms with van der Waals surface area (Å²) in [5.74, 6) is -0.523. The van der Waals surface area contributed by atoms with E-state index in [9.17, 15) is 19.7 Å². The van der Waals surface area contributed by atoms with Crippen LogP contribution in [0.5, 0.6) is 0 Å². The van der Waals surface area contributed by atoms with Crippen molar-refractivity contribution in [1.29, 1.82) is 0 Å². The van der Waals surface area contributed by atoms with Gasteiger partial charge in [-0.3, -0.25) is 19.5 Å². The lowest BCUT2D eigenvalue weighted by Gasteiger charge is -2.30. The van der Waals surface area contributed by atoms with Crippen LogP contribution in [0.25, 0.3) is 6.08 Å². The Balaban J connectivity index is 1.71. The van der Waals surface area contributed by atoms with E-state index in [0.29, 0.717) is 52.5 Å². The van der Waals surface area contributed by atoms with Gasteiger partial charge in [-0.15, -0.1) is 0 Å². The van der Waals surface area contributed by atoms with Gasteiger partial charge in [-0.05, 0) is 31.6 Å². The van der Waals surface area contributed by atoms with Gasteiger partial charge in [-0.2, -0.15) is 0 Å².